The maximum Gasteiger partial charge on any atom is 0.456 e. The Balaban J connectivity index is 3.02. The average Bonchev–Trinajstić information content (AvgIpc) is 2.34. The van der Waals surface area contributed by atoms with Gasteiger partial charge in [0.1, 0.15) is 6.29 Å². The number of halogens is 6. The van der Waals surface area contributed by atoms with Gasteiger partial charge in [-0.2, -0.15) is 22.0 Å². The number of hydrogen-bond acceptors (Lipinski definition) is 3. The second-order valence-electron chi connectivity index (χ2n) is 3.64. The standard InChI is InChI=1S/C11H8F5IO3/c1-19-8-3-6(4-18)2-7(17)9(8)20-5-10(12,13)11(14,15)16/h2-4H,5H2,1H3. The third-order valence-electron chi connectivity index (χ3n) is 2.20. The van der Waals surface area contributed by atoms with Crippen LogP contribution in [0.15, 0.2) is 12.1 Å². The average molecular weight is 410 g/mol. The molecule has 20 heavy (non-hydrogen) atoms. The molecule has 0 spiro atoms. The Bertz CT molecular complexity index is 502. The second-order valence-corrected chi connectivity index (χ2v) is 4.81. The van der Waals surface area contributed by atoms with Crippen LogP contribution < -0.4 is 9.47 Å². The molecule has 0 amide bonds. The molecule has 0 saturated carbocycles. The molecule has 0 radical (unpaired) electrons. The fraction of sp³-hybridized carbons (Fsp3) is 0.364. The lowest BCUT2D eigenvalue weighted by molar-refractivity contribution is -0.290. The Morgan fingerprint density at radius 1 is 1.25 bits per heavy atom. The first kappa shape index (κ1) is 16.9. The number of carbonyl (C=O) groups is 1. The lowest BCUT2D eigenvalue weighted by atomic mass is 10.2. The normalized spacial score (nSPS) is 12.2. The molecule has 0 atom stereocenters. The van der Waals surface area contributed by atoms with Crippen LogP contribution in [-0.4, -0.2) is 32.1 Å². The molecule has 3 nitrogen and oxygen atoms in total. The summed E-state index contributed by atoms with van der Waals surface area (Å²) in [7, 11) is 1.18. The smallest absolute Gasteiger partial charge is 0.456 e. The molecule has 9 heteroatoms. The molecule has 0 aromatic heterocycles. The van der Waals surface area contributed by atoms with E-state index in [1.54, 1.807) is 22.6 Å². The van der Waals surface area contributed by atoms with Crippen molar-refractivity contribution >= 4 is 28.9 Å². The maximum absolute atomic E-state index is 12.8. The third kappa shape index (κ3) is 3.70. The van der Waals surface area contributed by atoms with Gasteiger partial charge in [0.2, 0.25) is 0 Å². The first-order valence-corrected chi connectivity index (χ1v) is 6.10. The summed E-state index contributed by atoms with van der Waals surface area (Å²) in [6, 6.07) is 2.45. The highest BCUT2D eigenvalue weighted by Crippen LogP contribution is 2.38. The van der Waals surface area contributed by atoms with E-state index in [2.05, 4.69) is 4.74 Å². The molecule has 0 aliphatic rings. The predicted molar refractivity (Wildman–Crippen MR) is 67.6 cm³/mol. The van der Waals surface area contributed by atoms with Crippen molar-refractivity contribution in [2.45, 2.75) is 12.1 Å². The monoisotopic (exact) mass is 410 g/mol. The van der Waals surface area contributed by atoms with E-state index in [0.717, 1.165) is 0 Å². The highest BCUT2D eigenvalue weighted by Gasteiger charge is 2.58. The van der Waals surface area contributed by atoms with Crippen LogP contribution in [-0.2, 0) is 0 Å². The number of benzene rings is 1. The van der Waals surface area contributed by atoms with Crippen LogP contribution in [0.2, 0.25) is 0 Å². The van der Waals surface area contributed by atoms with Crippen LogP contribution in [0, 0.1) is 3.57 Å². The molecular weight excluding hydrogens is 402 g/mol. The lowest BCUT2D eigenvalue weighted by Gasteiger charge is -2.21. The van der Waals surface area contributed by atoms with Gasteiger partial charge in [0.25, 0.3) is 0 Å². The van der Waals surface area contributed by atoms with Crippen molar-refractivity contribution in [3.05, 3.63) is 21.3 Å². The molecule has 0 saturated heterocycles. The van der Waals surface area contributed by atoms with Gasteiger partial charge in [-0.25, -0.2) is 0 Å². The second kappa shape index (κ2) is 6.10. The Labute approximate surface area is 124 Å². The molecular formula is C11H8F5IO3. The zero-order valence-electron chi connectivity index (χ0n) is 9.93. The minimum absolute atomic E-state index is 0.100. The van der Waals surface area contributed by atoms with Gasteiger partial charge in [-0.15, -0.1) is 0 Å². The first-order valence-electron chi connectivity index (χ1n) is 5.02. The van der Waals surface area contributed by atoms with Gasteiger partial charge in [-0.1, -0.05) is 0 Å². The number of alkyl halides is 5. The first-order chi connectivity index (χ1) is 9.12. The summed E-state index contributed by atoms with van der Waals surface area (Å²) in [5, 5.41) is 0. The van der Waals surface area contributed by atoms with Crippen molar-refractivity contribution in [3.63, 3.8) is 0 Å². The summed E-state index contributed by atoms with van der Waals surface area (Å²) in [6.07, 6.45) is -5.22. The van der Waals surface area contributed by atoms with E-state index in [4.69, 9.17) is 4.74 Å². The molecule has 1 aromatic rings. The number of hydrogen-bond donors (Lipinski definition) is 0. The number of ether oxygens (including phenoxy) is 2. The number of rotatable bonds is 5. The molecule has 112 valence electrons. The zero-order chi connectivity index (χ0) is 15.6. The fourth-order valence-electron chi connectivity index (χ4n) is 1.19. The summed E-state index contributed by atoms with van der Waals surface area (Å²) >= 11 is 1.64. The Morgan fingerprint density at radius 3 is 2.30 bits per heavy atom. The maximum atomic E-state index is 12.8. The topological polar surface area (TPSA) is 35.5 Å². The Morgan fingerprint density at radius 2 is 1.85 bits per heavy atom. The van der Waals surface area contributed by atoms with Crippen LogP contribution in [0.1, 0.15) is 10.4 Å². The van der Waals surface area contributed by atoms with Gasteiger partial charge in [0, 0.05) is 5.56 Å². The van der Waals surface area contributed by atoms with E-state index in [9.17, 15) is 26.7 Å². The molecule has 0 aliphatic carbocycles. The van der Waals surface area contributed by atoms with Crippen LogP contribution >= 0.6 is 22.6 Å². The molecule has 0 fully saturated rings. The Hall–Kier alpha value is -1.13. The predicted octanol–water partition coefficient (Wildman–Crippen LogP) is 3.69. The van der Waals surface area contributed by atoms with Crippen molar-refractivity contribution in [1.29, 1.82) is 0 Å². The van der Waals surface area contributed by atoms with Crippen molar-refractivity contribution in [3.8, 4) is 11.5 Å². The van der Waals surface area contributed by atoms with Crippen LogP contribution in [0.25, 0.3) is 0 Å². The summed E-state index contributed by atoms with van der Waals surface area (Å²) in [5.74, 6) is -5.36. The van der Waals surface area contributed by atoms with Crippen molar-refractivity contribution in [1.82, 2.24) is 0 Å². The fourth-order valence-corrected chi connectivity index (χ4v) is 1.97. The van der Waals surface area contributed by atoms with Crippen molar-refractivity contribution in [2.75, 3.05) is 13.7 Å². The highest BCUT2D eigenvalue weighted by atomic mass is 127. The summed E-state index contributed by atoms with van der Waals surface area (Å²) in [4.78, 5) is 10.6. The van der Waals surface area contributed by atoms with Gasteiger partial charge in [0.15, 0.2) is 18.1 Å². The zero-order valence-corrected chi connectivity index (χ0v) is 12.1. The van der Waals surface area contributed by atoms with Crippen LogP contribution in [0.4, 0.5) is 22.0 Å². The van der Waals surface area contributed by atoms with Gasteiger partial charge < -0.3 is 9.47 Å². The largest absolute Gasteiger partial charge is 0.493 e. The van der Waals surface area contributed by atoms with Gasteiger partial charge >= 0.3 is 12.1 Å². The number of methoxy groups -OCH3 is 1. The minimum atomic E-state index is -5.70. The summed E-state index contributed by atoms with van der Waals surface area (Å²) in [5.41, 5.74) is 0.182. The molecule has 1 aromatic carbocycles. The lowest BCUT2D eigenvalue weighted by Crippen LogP contribution is -2.41. The van der Waals surface area contributed by atoms with Crippen LogP contribution in [0.3, 0.4) is 0 Å². The SMILES string of the molecule is COc1cc(C=O)cc(I)c1OCC(F)(F)C(F)(F)F. The van der Waals surface area contributed by atoms with E-state index in [1.165, 1.54) is 19.2 Å². The summed E-state index contributed by atoms with van der Waals surface area (Å²) < 4.78 is 71.2. The molecule has 0 heterocycles. The summed E-state index contributed by atoms with van der Waals surface area (Å²) in [6.45, 7) is -1.87. The molecule has 0 bridgehead atoms. The molecule has 0 unspecified atom stereocenters. The van der Waals surface area contributed by atoms with E-state index in [-0.39, 0.29) is 20.6 Å². The molecule has 0 aliphatic heterocycles. The van der Waals surface area contributed by atoms with E-state index >= 15 is 0 Å². The number of aldehydes is 1. The van der Waals surface area contributed by atoms with E-state index < -0.39 is 18.7 Å². The van der Waals surface area contributed by atoms with Gasteiger partial charge in [0.05, 0.1) is 10.7 Å². The third-order valence-corrected chi connectivity index (χ3v) is 3.00. The van der Waals surface area contributed by atoms with E-state index in [0.29, 0.717) is 6.29 Å². The highest BCUT2D eigenvalue weighted by molar-refractivity contribution is 14.1. The van der Waals surface area contributed by atoms with Crippen molar-refractivity contribution < 1.29 is 36.2 Å². The van der Waals surface area contributed by atoms with Crippen molar-refractivity contribution in [2.24, 2.45) is 0 Å². The number of carbonyl (C=O) groups excluding carboxylic acids is 1. The Kier molecular flexibility index (Phi) is 5.16. The minimum Gasteiger partial charge on any atom is -0.493 e. The van der Waals surface area contributed by atoms with Gasteiger partial charge in [-0.3, -0.25) is 4.79 Å². The molecule has 1 rings (SSSR count). The molecule has 0 N–H and O–H groups in total. The quantitative estimate of drug-likeness (QED) is 0.422. The van der Waals surface area contributed by atoms with Crippen LogP contribution in [0.5, 0.6) is 11.5 Å². The van der Waals surface area contributed by atoms with Gasteiger partial charge in [-0.05, 0) is 34.7 Å². The van der Waals surface area contributed by atoms with E-state index in [1.807, 2.05) is 0 Å².